The monoisotopic (exact) mass is 270 g/mol. The second-order valence-corrected chi connectivity index (χ2v) is 5.28. The normalized spacial score (nSPS) is 10.8. The van der Waals surface area contributed by atoms with E-state index in [0.29, 0.717) is 0 Å². The molecule has 84 valence electrons. The van der Waals surface area contributed by atoms with Gasteiger partial charge in [0.25, 0.3) is 0 Å². The molecule has 0 aliphatic heterocycles. The summed E-state index contributed by atoms with van der Waals surface area (Å²) in [6.45, 7) is 7.58. The molecule has 0 atom stereocenters. The SMILES string of the molecule is Cc1cnc(N(C)CCC(C)C)c(Br)c1. The second-order valence-electron chi connectivity index (χ2n) is 4.42. The number of anilines is 1. The molecule has 0 saturated heterocycles. The molecule has 2 nitrogen and oxygen atoms in total. The van der Waals surface area contributed by atoms with Crippen molar-refractivity contribution in [2.75, 3.05) is 18.5 Å². The fourth-order valence-electron chi connectivity index (χ4n) is 1.36. The van der Waals surface area contributed by atoms with Gasteiger partial charge in [-0.3, -0.25) is 0 Å². The van der Waals surface area contributed by atoms with E-state index < -0.39 is 0 Å². The summed E-state index contributed by atoms with van der Waals surface area (Å²) in [5.74, 6) is 1.76. The number of aryl methyl sites for hydroxylation is 1. The second kappa shape index (κ2) is 5.50. The van der Waals surface area contributed by atoms with Crippen LogP contribution in [0.4, 0.5) is 5.82 Å². The predicted octanol–water partition coefficient (Wildman–Crippen LogP) is 3.63. The highest BCUT2D eigenvalue weighted by molar-refractivity contribution is 9.10. The number of rotatable bonds is 4. The molecule has 0 N–H and O–H groups in total. The van der Waals surface area contributed by atoms with E-state index in [1.54, 1.807) is 0 Å². The minimum absolute atomic E-state index is 0.733. The van der Waals surface area contributed by atoms with Gasteiger partial charge in [0.2, 0.25) is 0 Å². The van der Waals surface area contributed by atoms with Crippen LogP contribution in [0.25, 0.3) is 0 Å². The molecule has 0 aliphatic rings. The lowest BCUT2D eigenvalue weighted by Crippen LogP contribution is -2.21. The zero-order valence-electron chi connectivity index (χ0n) is 9.92. The van der Waals surface area contributed by atoms with Crippen LogP contribution in [0.5, 0.6) is 0 Å². The van der Waals surface area contributed by atoms with Crippen molar-refractivity contribution in [2.45, 2.75) is 27.2 Å². The number of hydrogen-bond acceptors (Lipinski definition) is 2. The van der Waals surface area contributed by atoms with Gasteiger partial charge in [-0.05, 0) is 46.8 Å². The summed E-state index contributed by atoms with van der Waals surface area (Å²) in [5, 5.41) is 0. The third-order valence-electron chi connectivity index (χ3n) is 2.36. The van der Waals surface area contributed by atoms with Crippen molar-refractivity contribution in [2.24, 2.45) is 5.92 Å². The Balaban J connectivity index is 2.69. The predicted molar refractivity (Wildman–Crippen MR) is 69.4 cm³/mol. The van der Waals surface area contributed by atoms with E-state index in [1.165, 1.54) is 12.0 Å². The van der Waals surface area contributed by atoms with Crippen LogP contribution in [-0.2, 0) is 0 Å². The van der Waals surface area contributed by atoms with Crippen LogP contribution in [-0.4, -0.2) is 18.6 Å². The van der Waals surface area contributed by atoms with Gasteiger partial charge >= 0.3 is 0 Å². The van der Waals surface area contributed by atoms with Crippen molar-refractivity contribution in [3.63, 3.8) is 0 Å². The highest BCUT2D eigenvalue weighted by Gasteiger charge is 2.07. The molecule has 0 aliphatic carbocycles. The Morgan fingerprint density at radius 2 is 2.13 bits per heavy atom. The van der Waals surface area contributed by atoms with Crippen LogP contribution in [0.3, 0.4) is 0 Å². The molecule has 0 bridgehead atoms. The molecule has 3 heteroatoms. The highest BCUT2D eigenvalue weighted by Crippen LogP contribution is 2.23. The third-order valence-corrected chi connectivity index (χ3v) is 2.95. The molecule has 1 rings (SSSR count). The lowest BCUT2D eigenvalue weighted by atomic mass is 10.1. The molecule has 0 amide bonds. The fourth-order valence-corrected chi connectivity index (χ4v) is 2.13. The lowest BCUT2D eigenvalue weighted by molar-refractivity contribution is 0.583. The average molecular weight is 271 g/mol. The lowest BCUT2D eigenvalue weighted by Gasteiger charge is -2.20. The molecule has 1 heterocycles. The maximum absolute atomic E-state index is 4.43. The van der Waals surface area contributed by atoms with Crippen LogP contribution < -0.4 is 4.90 Å². The number of aromatic nitrogens is 1. The summed E-state index contributed by atoms with van der Waals surface area (Å²) >= 11 is 3.55. The van der Waals surface area contributed by atoms with Gasteiger partial charge < -0.3 is 4.90 Å². The number of hydrogen-bond donors (Lipinski definition) is 0. The maximum Gasteiger partial charge on any atom is 0.142 e. The molecule has 0 aromatic carbocycles. The van der Waals surface area contributed by atoms with Gasteiger partial charge in [-0.15, -0.1) is 0 Å². The van der Waals surface area contributed by atoms with E-state index in [4.69, 9.17) is 0 Å². The summed E-state index contributed by atoms with van der Waals surface area (Å²) in [5.41, 5.74) is 1.18. The van der Waals surface area contributed by atoms with Gasteiger partial charge in [0.05, 0.1) is 4.47 Å². The first-order valence-corrected chi connectivity index (χ1v) is 6.13. The zero-order valence-corrected chi connectivity index (χ0v) is 11.5. The van der Waals surface area contributed by atoms with Crippen LogP contribution in [0.1, 0.15) is 25.8 Å². The van der Waals surface area contributed by atoms with Crippen molar-refractivity contribution >= 4 is 21.7 Å². The fraction of sp³-hybridized carbons (Fsp3) is 0.583. The van der Waals surface area contributed by atoms with Gasteiger partial charge in [0.15, 0.2) is 0 Å². The summed E-state index contributed by atoms with van der Waals surface area (Å²) < 4.78 is 1.08. The van der Waals surface area contributed by atoms with Crippen molar-refractivity contribution in [3.05, 3.63) is 22.3 Å². The largest absolute Gasteiger partial charge is 0.359 e. The standard InChI is InChI=1S/C12H19BrN2/c1-9(2)5-6-15(4)12-11(13)7-10(3)8-14-12/h7-9H,5-6H2,1-4H3. The molecule has 1 aromatic rings. The first-order chi connectivity index (χ1) is 7.00. The number of pyridine rings is 1. The molecular weight excluding hydrogens is 252 g/mol. The average Bonchev–Trinajstić information content (AvgIpc) is 2.14. The van der Waals surface area contributed by atoms with E-state index in [1.807, 2.05) is 6.20 Å². The minimum Gasteiger partial charge on any atom is -0.359 e. The van der Waals surface area contributed by atoms with E-state index in [9.17, 15) is 0 Å². The zero-order chi connectivity index (χ0) is 11.4. The van der Waals surface area contributed by atoms with Crippen molar-refractivity contribution in [3.8, 4) is 0 Å². The molecule has 15 heavy (non-hydrogen) atoms. The first-order valence-electron chi connectivity index (χ1n) is 5.34. The molecular formula is C12H19BrN2. The summed E-state index contributed by atoms with van der Waals surface area (Å²) in [4.78, 5) is 6.63. The Bertz CT molecular complexity index is 323. The molecule has 0 fully saturated rings. The van der Waals surface area contributed by atoms with Crippen LogP contribution in [0.2, 0.25) is 0 Å². The van der Waals surface area contributed by atoms with E-state index >= 15 is 0 Å². The summed E-state index contributed by atoms with van der Waals surface area (Å²) in [7, 11) is 2.09. The highest BCUT2D eigenvalue weighted by atomic mass is 79.9. The Morgan fingerprint density at radius 1 is 1.47 bits per heavy atom. The van der Waals surface area contributed by atoms with E-state index in [2.05, 4.69) is 59.7 Å². The molecule has 0 saturated carbocycles. The van der Waals surface area contributed by atoms with Gasteiger partial charge in [-0.1, -0.05) is 13.8 Å². The molecule has 0 radical (unpaired) electrons. The smallest absolute Gasteiger partial charge is 0.142 e. The van der Waals surface area contributed by atoms with Gasteiger partial charge in [0.1, 0.15) is 5.82 Å². The number of halogens is 1. The minimum atomic E-state index is 0.733. The molecule has 1 aromatic heterocycles. The Hall–Kier alpha value is -0.570. The Labute approximate surface area is 101 Å². The van der Waals surface area contributed by atoms with E-state index in [-0.39, 0.29) is 0 Å². The molecule has 0 spiro atoms. The van der Waals surface area contributed by atoms with Crippen molar-refractivity contribution in [1.82, 2.24) is 4.98 Å². The summed E-state index contributed by atoms with van der Waals surface area (Å²) in [6.07, 6.45) is 3.10. The van der Waals surface area contributed by atoms with E-state index in [0.717, 1.165) is 22.8 Å². The Morgan fingerprint density at radius 3 is 2.67 bits per heavy atom. The van der Waals surface area contributed by atoms with Crippen LogP contribution in [0, 0.1) is 12.8 Å². The number of nitrogens with zero attached hydrogens (tertiary/aromatic N) is 2. The third kappa shape index (κ3) is 3.82. The van der Waals surface area contributed by atoms with Gasteiger partial charge in [-0.25, -0.2) is 4.98 Å². The molecule has 0 unspecified atom stereocenters. The van der Waals surface area contributed by atoms with Crippen LogP contribution in [0.15, 0.2) is 16.7 Å². The van der Waals surface area contributed by atoms with Gasteiger partial charge in [-0.2, -0.15) is 0 Å². The first kappa shape index (κ1) is 12.5. The van der Waals surface area contributed by atoms with Crippen molar-refractivity contribution < 1.29 is 0 Å². The topological polar surface area (TPSA) is 16.1 Å². The Kier molecular flexibility index (Phi) is 4.58. The van der Waals surface area contributed by atoms with Gasteiger partial charge in [0, 0.05) is 19.8 Å². The quantitative estimate of drug-likeness (QED) is 0.831. The summed E-state index contributed by atoms with van der Waals surface area (Å²) in [6, 6.07) is 2.11. The van der Waals surface area contributed by atoms with Crippen LogP contribution >= 0.6 is 15.9 Å². The van der Waals surface area contributed by atoms with Crippen molar-refractivity contribution in [1.29, 1.82) is 0 Å². The maximum atomic E-state index is 4.43.